The molecule has 0 saturated heterocycles. The molecule has 0 aliphatic carbocycles. The number of thiophene rings is 1. The summed E-state index contributed by atoms with van der Waals surface area (Å²) in [5.74, 6) is 2.25. The van der Waals surface area contributed by atoms with Gasteiger partial charge in [0.15, 0.2) is 0 Å². The number of imidazole rings is 1. The van der Waals surface area contributed by atoms with E-state index in [0.717, 1.165) is 78.3 Å². The van der Waals surface area contributed by atoms with Crippen molar-refractivity contribution >= 4 is 65.8 Å². The molecule has 320 valence electrons. The first-order valence-corrected chi connectivity index (χ1v) is 23.8. The summed E-state index contributed by atoms with van der Waals surface area (Å²) in [7, 11) is 0. The van der Waals surface area contributed by atoms with Crippen LogP contribution >= 0.6 is 11.3 Å². The van der Waals surface area contributed by atoms with Gasteiger partial charge in [-0.1, -0.05) is 141 Å². The summed E-state index contributed by atoms with van der Waals surface area (Å²) in [4.78, 5) is 15.6. The zero-order valence-corrected chi connectivity index (χ0v) is 39.9. The Morgan fingerprint density at radius 2 is 1.45 bits per heavy atom. The topological polar surface area (TPSA) is 63.8 Å². The molecule has 7 heteroatoms. The second-order valence-electron chi connectivity index (χ2n) is 20.3. The van der Waals surface area contributed by atoms with Crippen molar-refractivity contribution in [2.75, 3.05) is 0 Å². The molecule has 1 N–H and O–H groups in total. The van der Waals surface area contributed by atoms with Crippen LogP contribution in [0.15, 0.2) is 109 Å². The Balaban J connectivity index is 1.28. The largest absolute Gasteiger partial charge is 0.507 e. The fourth-order valence-corrected chi connectivity index (χ4v) is 11.6. The molecule has 0 radical (unpaired) electrons. The first-order chi connectivity index (χ1) is 30.6. The molecule has 6 aromatic carbocycles. The van der Waals surface area contributed by atoms with Crippen LogP contribution in [0.5, 0.6) is 5.75 Å². The maximum Gasteiger partial charge on any atom is 0.247 e. The zero-order chi connectivity index (χ0) is 44.9. The van der Waals surface area contributed by atoms with Crippen LogP contribution in [0.3, 0.4) is 0 Å². The van der Waals surface area contributed by atoms with E-state index in [2.05, 4.69) is 171 Å². The molecule has 5 nitrogen and oxygen atoms in total. The van der Waals surface area contributed by atoms with Gasteiger partial charge in [0.1, 0.15) is 17.9 Å². The van der Waals surface area contributed by atoms with Gasteiger partial charge >= 0.3 is 0 Å². The van der Waals surface area contributed by atoms with Crippen LogP contribution in [-0.2, 0) is 11.8 Å². The van der Waals surface area contributed by atoms with E-state index >= 15 is 0 Å². The summed E-state index contributed by atoms with van der Waals surface area (Å²) >= 11 is 1.79. The highest BCUT2D eigenvalue weighted by Crippen LogP contribution is 2.44. The van der Waals surface area contributed by atoms with Crippen molar-refractivity contribution < 1.29 is 5.11 Å². The van der Waals surface area contributed by atoms with Gasteiger partial charge in [0.25, 0.3) is 0 Å². The molecule has 0 fully saturated rings. The highest BCUT2D eigenvalue weighted by molar-refractivity contribution is 7.26. The van der Waals surface area contributed by atoms with Gasteiger partial charge in [0.05, 0.1) is 32.5 Å². The van der Waals surface area contributed by atoms with Crippen molar-refractivity contribution in [2.45, 2.75) is 99.8 Å². The number of para-hydroxylation sites is 1. The Morgan fingerprint density at radius 3 is 2.17 bits per heavy atom. The van der Waals surface area contributed by atoms with Crippen molar-refractivity contribution in [3.05, 3.63) is 143 Å². The number of aromatic nitrogens is 4. The fraction of sp³-hybridized carbons (Fsp3) is 0.281. The molecular formula is C57H57BN4OS. The number of phenols is 1. The standard InChI is InChI=1S/C57H57BN4OS/c1-31(2)23-36-19-20-43-48(26-36)64-55-50(59-30-60-52(43)55)38-27-37(28-39(29-38)57(9,10)11)42-21-22-46-53-51(42)61-56(44-25-34(7)24-35(8)54(44)63)62(53)47-18-13-12-17-45(47)58(46)49-40(32(3)4)15-14-16-41(49)33(5)6/h12-22,24-33,63H,23H2,1-11H3. The minimum atomic E-state index is -0.152. The molecule has 0 atom stereocenters. The first-order valence-electron chi connectivity index (χ1n) is 23.0. The first kappa shape index (κ1) is 41.9. The van der Waals surface area contributed by atoms with Crippen molar-refractivity contribution in [1.29, 1.82) is 0 Å². The van der Waals surface area contributed by atoms with Gasteiger partial charge in [-0.25, -0.2) is 15.0 Å². The van der Waals surface area contributed by atoms with Gasteiger partial charge in [0.2, 0.25) is 6.71 Å². The summed E-state index contributed by atoms with van der Waals surface area (Å²) in [5, 5.41) is 13.1. The molecule has 1 aliphatic rings. The van der Waals surface area contributed by atoms with E-state index in [1.54, 1.807) is 17.7 Å². The third kappa shape index (κ3) is 6.86. The maximum absolute atomic E-state index is 11.9. The lowest BCUT2D eigenvalue weighted by atomic mass is 9.33. The SMILES string of the molecule is Cc1cc(C)c(O)c(-c2nc3c(-c4cc(-c5ncnc6c5sc5cc(CC(C)C)ccc56)cc(C(C)(C)C)c4)ccc4c3n2-c2ccccc2B4c2c(C(C)C)cccc2C(C)C)c1. The normalized spacial score (nSPS) is 12.8. The highest BCUT2D eigenvalue weighted by Gasteiger charge is 2.38. The fourth-order valence-electron chi connectivity index (χ4n) is 10.3. The minimum Gasteiger partial charge on any atom is -0.507 e. The Labute approximate surface area is 382 Å². The van der Waals surface area contributed by atoms with Crippen LogP contribution < -0.4 is 16.4 Å². The number of hydrogen-bond acceptors (Lipinski definition) is 5. The van der Waals surface area contributed by atoms with Crippen LogP contribution in [0, 0.1) is 19.8 Å². The summed E-state index contributed by atoms with van der Waals surface area (Å²) < 4.78 is 4.69. The van der Waals surface area contributed by atoms with E-state index in [1.165, 1.54) is 48.7 Å². The Morgan fingerprint density at radius 1 is 0.719 bits per heavy atom. The van der Waals surface area contributed by atoms with E-state index in [-0.39, 0.29) is 17.9 Å². The number of aryl methyl sites for hydroxylation is 2. The van der Waals surface area contributed by atoms with Crippen LogP contribution in [-0.4, -0.2) is 31.3 Å². The van der Waals surface area contributed by atoms with Crippen LogP contribution in [0.1, 0.15) is 108 Å². The van der Waals surface area contributed by atoms with Crippen molar-refractivity contribution in [3.8, 4) is 45.2 Å². The van der Waals surface area contributed by atoms with Crippen LogP contribution in [0.4, 0.5) is 0 Å². The number of rotatable bonds is 8. The summed E-state index contributed by atoms with van der Waals surface area (Å²) in [6.45, 7) is 24.7. The number of nitrogens with zero attached hydrogens (tertiary/aromatic N) is 4. The average Bonchev–Trinajstić information content (AvgIpc) is 3.84. The number of fused-ring (bicyclic) bond motifs is 5. The monoisotopic (exact) mass is 856 g/mol. The number of benzene rings is 6. The third-order valence-corrected chi connectivity index (χ3v) is 14.5. The molecule has 3 aromatic heterocycles. The predicted octanol–water partition coefficient (Wildman–Crippen LogP) is 13.1. The molecule has 64 heavy (non-hydrogen) atoms. The van der Waals surface area contributed by atoms with E-state index < -0.39 is 0 Å². The van der Waals surface area contributed by atoms with Crippen molar-refractivity contribution in [3.63, 3.8) is 0 Å². The van der Waals surface area contributed by atoms with Crippen LogP contribution in [0.25, 0.3) is 70.8 Å². The molecule has 0 spiro atoms. The van der Waals surface area contributed by atoms with E-state index in [4.69, 9.17) is 15.0 Å². The van der Waals surface area contributed by atoms with Gasteiger partial charge in [0, 0.05) is 26.9 Å². The third-order valence-electron chi connectivity index (χ3n) is 13.4. The number of aromatic hydroxyl groups is 1. The molecular weight excluding hydrogens is 800 g/mol. The number of hydrogen-bond donors (Lipinski definition) is 1. The predicted molar refractivity (Wildman–Crippen MR) is 274 cm³/mol. The Bertz CT molecular complexity index is 3300. The average molecular weight is 857 g/mol. The highest BCUT2D eigenvalue weighted by atomic mass is 32.1. The Kier molecular flexibility index (Phi) is 10.2. The van der Waals surface area contributed by atoms with Crippen molar-refractivity contribution in [1.82, 2.24) is 19.5 Å². The Hall–Kier alpha value is -6.05. The van der Waals surface area contributed by atoms with Gasteiger partial charge in [-0.2, -0.15) is 0 Å². The molecule has 0 unspecified atom stereocenters. The molecule has 0 saturated carbocycles. The maximum atomic E-state index is 11.9. The van der Waals surface area contributed by atoms with Gasteiger partial charge in [-0.05, 0) is 124 Å². The molecule has 1 aliphatic heterocycles. The van der Waals surface area contributed by atoms with E-state index in [9.17, 15) is 5.11 Å². The summed E-state index contributed by atoms with van der Waals surface area (Å²) in [6, 6.07) is 38.4. The van der Waals surface area contributed by atoms with Gasteiger partial charge in [-0.3, -0.25) is 4.57 Å². The smallest absolute Gasteiger partial charge is 0.247 e. The molecule has 10 rings (SSSR count). The van der Waals surface area contributed by atoms with E-state index in [0.29, 0.717) is 17.8 Å². The lowest BCUT2D eigenvalue weighted by Gasteiger charge is -2.31. The summed E-state index contributed by atoms with van der Waals surface area (Å²) in [6.07, 6.45) is 2.78. The molecule has 9 aromatic rings. The zero-order valence-electron chi connectivity index (χ0n) is 39.1. The molecule has 0 amide bonds. The minimum absolute atomic E-state index is 0.0200. The lowest BCUT2D eigenvalue weighted by molar-refractivity contribution is 0.472. The van der Waals surface area contributed by atoms with Crippen molar-refractivity contribution in [2.24, 2.45) is 5.92 Å². The quantitative estimate of drug-likeness (QED) is 0.155. The molecule has 0 bridgehead atoms. The second-order valence-corrected chi connectivity index (χ2v) is 21.3. The van der Waals surface area contributed by atoms with Gasteiger partial charge in [-0.15, -0.1) is 11.3 Å². The number of phenolic OH excluding ortho intramolecular Hbond substituents is 1. The van der Waals surface area contributed by atoms with Crippen LogP contribution in [0.2, 0.25) is 0 Å². The van der Waals surface area contributed by atoms with E-state index in [1.807, 2.05) is 13.0 Å². The lowest BCUT2D eigenvalue weighted by Crippen LogP contribution is -2.58. The summed E-state index contributed by atoms with van der Waals surface area (Å²) in [5.41, 5.74) is 19.9. The van der Waals surface area contributed by atoms with Gasteiger partial charge < -0.3 is 5.11 Å². The molecule has 4 heterocycles. The second kappa shape index (κ2) is 15.6.